The molecule has 0 aromatic heterocycles. The second-order valence-corrected chi connectivity index (χ2v) is 4.28. The number of nitrogens with one attached hydrogen (secondary N) is 1. The predicted octanol–water partition coefficient (Wildman–Crippen LogP) is 1.48. The third kappa shape index (κ3) is 3.66. The number of nitrogens with zero attached hydrogens (tertiary/aromatic N) is 1. The molecule has 16 heavy (non-hydrogen) atoms. The summed E-state index contributed by atoms with van der Waals surface area (Å²) in [5.41, 5.74) is 3.83. The van der Waals surface area contributed by atoms with Gasteiger partial charge in [0.15, 0.2) is 0 Å². The van der Waals surface area contributed by atoms with Gasteiger partial charge in [0.05, 0.1) is 6.54 Å². The first-order chi connectivity index (χ1) is 7.52. The predicted molar refractivity (Wildman–Crippen MR) is 66.3 cm³/mol. The average Bonchev–Trinajstić information content (AvgIpc) is 2.22. The number of rotatable bonds is 4. The molecule has 0 radical (unpaired) electrons. The minimum Gasteiger partial charge on any atom is -0.358 e. The Kier molecular flexibility index (Phi) is 4.50. The van der Waals surface area contributed by atoms with Crippen LogP contribution in [0.1, 0.15) is 16.7 Å². The van der Waals surface area contributed by atoms with Gasteiger partial charge in [-0.1, -0.05) is 23.8 Å². The summed E-state index contributed by atoms with van der Waals surface area (Å²) in [6.07, 6.45) is 0. The molecule has 1 rings (SSSR count). The number of benzene rings is 1. The van der Waals surface area contributed by atoms with E-state index in [0.29, 0.717) is 6.54 Å². The third-order valence-corrected chi connectivity index (χ3v) is 2.63. The van der Waals surface area contributed by atoms with Crippen LogP contribution in [0.15, 0.2) is 18.2 Å². The largest absolute Gasteiger partial charge is 0.358 e. The van der Waals surface area contributed by atoms with E-state index in [4.69, 9.17) is 0 Å². The second kappa shape index (κ2) is 5.66. The molecule has 0 heterocycles. The third-order valence-electron chi connectivity index (χ3n) is 2.63. The van der Waals surface area contributed by atoms with E-state index in [-0.39, 0.29) is 5.91 Å². The Hall–Kier alpha value is -1.35. The number of carbonyl (C=O) groups excluding carboxylic acids is 1. The molecular weight excluding hydrogens is 200 g/mol. The maximum atomic E-state index is 11.2. The Morgan fingerprint density at radius 1 is 1.38 bits per heavy atom. The number of likely N-dealkylation sites (N-methyl/N-ethyl adjacent to an activating group) is 2. The molecule has 0 unspecified atom stereocenters. The van der Waals surface area contributed by atoms with Crippen molar-refractivity contribution < 1.29 is 4.79 Å². The Morgan fingerprint density at radius 2 is 2.06 bits per heavy atom. The highest BCUT2D eigenvalue weighted by atomic mass is 16.1. The second-order valence-electron chi connectivity index (χ2n) is 4.28. The molecule has 3 heteroatoms. The maximum Gasteiger partial charge on any atom is 0.233 e. The summed E-state index contributed by atoms with van der Waals surface area (Å²) in [5.74, 6) is 0.0484. The van der Waals surface area contributed by atoms with E-state index in [0.717, 1.165) is 6.54 Å². The molecule has 0 bridgehead atoms. The minimum atomic E-state index is 0.0484. The van der Waals surface area contributed by atoms with Crippen LogP contribution < -0.4 is 5.32 Å². The summed E-state index contributed by atoms with van der Waals surface area (Å²) in [5, 5.41) is 2.62. The zero-order valence-corrected chi connectivity index (χ0v) is 10.5. The van der Waals surface area contributed by atoms with Crippen LogP contribution in [-0.2, 0) is 11.3 Å². The van der Waals surface area contributed by atoms with E-state index in [2.05, 4.69) is 37.4 Å². The molecule has 1 N–H and O–H groups in total. The van der Waals surface area contributed by atoms with Gasteiger partial charge in [-0.15, -0.1) is 0 Å². The summed E-state index contributed by atoms with van der Waals surface area (Å²) in [6.45, 7) is 5.43. The van der Waals surface area contributed by atoms with Crippen molar-refractivity contribution in [3.63, 3.8) is 0 Å². The zero-order chi connectivity index (χ0) is 12.1. The van der Waals surface area contributed by atoms with Crippen molar-refractivity contribution in [1.29, 1.82) is 0 Å². The summed E-state index contributed by atoms with van der Waals surface area (Å²) >= 11 is 0. The number of carbonyl (C=O) groups is 1. The standard InChI is InChI=1S/C13H20N2O/c1-10-5-6-12(11(2)7-10)8-15(4)9-13(16)14-3/h5-7H,8-9H2,1-4H3,(H,14,16). The molecule has 0 saturated heterocycles. The van der Waals surface area contributed by atoms with Gasteiger partial charge in [0.2, 0.25) is 5.91 Å². The molecule has 3 nitrogen and oxygen atoms in total. The highest BCUT2D eigenvalue weighted by Gasteiger charge is 2.06. The van der Waals surface area contributed by atoms with Crippen molar-refractivity contribution >= 4 is 5.91 Å². The van der Waals surface area contributed by atoms with Crippen LogP contribution in [0, 0.1) is 13.8 Å². The van der Waals surface area contributed by atoms with Crippen LogP contribution in [0.3, 0.4) is 0 Å². The Balaban J connectivity index is 2.62. The Bertz CT molecular complexity index is 374. The van der Waals surface area contributed by atoms with Crippen molar-refractivity contribution in [2.75, 3.05) is 20.6 Å². The van der Waals surface area contributed by atoms with E-state index in [1.54, 1.807) is 7.05 Å². The van der Waals surface area contributed by atoms with Crippen LogP contribution in [0.25, 0.3) is 0 Å². The van der Waals surface area contributed by atoms with Gasteiger partial charge in [0.1, 0.15) is 0 Å². The number of hydrogen-bond acceptors (Lipinski definition) is 2. The fraction of sp³-hybridized carbons (Fsp3) is 0.462. The molecular formula is C13H20N2O. The molecule has 1 aromatic rings. The fourth-order valence-corrected chi connectivity index (χ4v) is 1.69. The lowest BCUT2D eigenvalue weighted by Gasteiger charge is -2.17. The van der Waals surface area contributed by atoms with Gasteiger partial charge in [0.25, 0.3) is 0 Å². The van der Waals surface area contributed by atoms with Gasteiger partial charge in [-0.2, -0.15) is 0 Å². The van der Waals surface area contributed by atoms with Gasteiger partial charge in [0, 0.05) is 13.6 Å². The first kappa shape index (κ1) is 12.7. The molecule has 0 fully saturated rings. The lowest BCUT2D eigenvalue weighted by Crippen LogP contribution is -2.32. The Labute approximate surface area is 97.5 Å². The van der Waals surface area contributed by atoms with Crippen molar-refractivity contribution in [3.8, 4) is 0 Å². The van der Waals surface area contributed by atoms with E-state index in [1.807, 2.05) is 11.9 Å². The zero-order valence-electron chi connectivity index (χ0n) is 10.5. The number of hydrogen-bond donors (Lipinski definition) is 1. The van der Waals surface area contributed by atoms with Crippen molar-refractivity contribution in [2.45, 2.75) is 20.4 Å². The van der Waals surface area contributed by atoms with Crippen LogP contribution in [0.4, 0.5) is 0 Å². The minimum absolute atomic E-state index is 0.0484. The van der Waals surface area contributed by atoms with Crippen LogP contribution in [0.5, 0.6) is 0 Å². The molecule has 0 aliphatic carbocycles. The van der Waals surface area contributed by atoms with E-state index in [1.165, 1.54) is 16.7 Å². The highest BCUT2D eigenvalue weighted by Crippen LogP contribution is 2.12. The van der Waals surface area contributed by atoms with Gasteiger partial charge in [-0.25, -0.2) is 0 Å². The van der Waals surface area contributed by atoms with E-state index in [9.17, 15) is 4.79 Å². The summed E-state index contributed by atoms with van der Waals surface area (Å²) in [4.78, 5) is 13.2. The van der Waals surface area contributed by atoms with E-state index >= 15 is 0 Å². The monoisotopic (exact) mass is 220 g/mol. The smallest absolute Gasteiger partial charge is 0.233 e. The maximum absolute atomic E-state index is 11.2. The normalized spacial score (nSPS) is 10.6. The van der Waals surface area contributed by atoms with Crippen LogP contribution in [0.2, 0.25) is 0 Å². The van der Waals surface area contributed by atoms with E-state index < -0.39 is 0 Å². The average molecular weight is 220 g/mol. The summed E-state index contributed by atoms with van der Waals surface area (Å²) < 4.78 is 0. The first-order valence-electron chi connectivity index (χ1n) is 5.48. The molecule has 0 aliphatic rings. The Morgan fingerprint density at radius 3 is 2.62 bits per heavy atom. The highest BCUT2D eigenvalue weighted by molar-refractivity contribution is 5.77. The molecule has 0 aliphatic heterocycles. The molecule has 88 valence electrons. The quantitative estimate of drug-likeness (QED) is 0.833. The molecule has 0 atom stereocenters. The van der Waals surface area contributed by atoms with Gasteiger partial charge in [-0.05, 0) is 32.0 Å². The van der Waals surface area contributed by atoms with Gasteiger partial charge >= 0.3 is 0 Å². The fourth-order valence-electron chi connectivity index (χ4n) is 1.69. The lowest BCUT2D eigenvalue weighted by atomic mass is 10.1. The van der Waals surface area contributed by atoms with Crippen molar-refractivity contribution in [3.05, 3.63) is 34.9 Å². The summed E-state index contributed by atoms with van der Waals surface area (Å²) in [7, 11) is 3.61. The SMILES string of the molecule is CNC(=O)CN(C)Cc1ccc(C)cc1C. The van der Waals surface area contributed by atoms with Crippen molar-refractivity contribution in [2.24, 2.45) is 0 Å². The van der Waals surface area contributed by atoms with Gasteiger partial charge < -0.3 is 5.32 Å². The number of amides is 1. The molecule has 0 saturated carbocycles. The topological polar surface area (TPSA) is 32.3 Å². The van der Waals surface area contributed by atoms with Crippen molar-refractivity contribution in [1.82, 2.24) is 10.2 Å². The lowest BCUT2D eigenvalue weighted by molar-refractivity contribution is -0.121. The molecule has 0 spiro atoms. The van der Waals surface area contributed by atoms with Gasteiger partial charge in [-0.3, -0.25) is 9.69 Å². The first-order valence-corrected chi connectivity index (χ1v) is 5.48. The molecule has 1 amide bonds. The van der Waals surface area contributed by atoms with Crippen LogP contribution >= 0.6 is 0 Å². The summed E-state index contributed by atoms with van der Waals surface area (Å²) in [6, 6.07) is 6.41. The van der Waals surface area contributed by atoms with Crippen LogP contribution in [-0.4, -0.2) is 31.4 Å². The number of aryl methyl sites for hydroxylation is 2. The molecule has 1 aromatic carbocycles.